The molecule has 16 heavy (non-hydrogen) atoms. The lowest BCUT2D eigenvalue weighted by Gasteiger charge is -2.43. The van der Waals surface area contributed by atoms with Crippen molar-refractivity contribution in [1.82, 2.24) is 0 Å². The van der Waals surface area contributed by atoms with E-state index in [4.69, 9.17) is 4.74 Å². The summed E-state index contributed by atoms with van der Waals surface area (Å²) in [5.74, 6) is 8.26. The van der Waals surface area contributed by atoms with Crippen LogP contribution in [-0.4, -0.2) is 11.2 Å². The van der Waals surface area contributed by atoms with Crippen LogP contribution in [0.2, 0.25) is 0 Å². The molecule has 8 fully saturated rings. The largest absolute Gasteiger partial charge is 0.361 e. The van der Waals surface area contributed by atoms with Crippen LogP contribution in [0.5, 0.6) is 0 Å². The van der Waals surface area contributed by atoms with Crippen molar-refractivity contribution in [2.24, 2.45) is 47.3 Å². The van der Waals surface area contributed by atoms with Crippen molar-refractivity contribution in [2.45, 2.75) is 31.5 Å². The summed E-state index contributed by atoms with van der Waals surface area (Å²) >= 11 is 0. The highest BCUT2D eigenvalue weighted by molar-refractivity contribution is 5.62. The number of hydrogen-bond donors (Lipinski definition) is 0. The van der Waals surface area contributed by atoms with Gasteiger partial charge in [0.05, 0.1) is 0 Å². The zero-order chi connectivity index (χ0) is 10.2. The molecule has 82 valence electrons. The topological polar surface area (TPSA) is 12.5 Å². The van der Waals surface area contributed by atoms with Gasteiger partial charge in [0.15, 0.2) is 0 Å². The summed E-state index contributed by atoms with van der Waals surface area (Å²) in [4.78, 5) is 0. The highest BCUT2D eigenvalue weighted by Crippen LogP contribution is 3.02. The van der Waals surface area contributed by atoms with Gasteiger partial charge < -0.3 is 4.74 Å². The summed E-state index contributed by atoms with van der Waals surface area (Å²) in [5.41, 5.74) is 4.43. The SMILES string of the molecule is CC(C)=C1[C@H]2[C@H]3[C@H]4[C@H]5[C@H]3[C@H]1[C@]13O[C@@]21[C@@H]4C[C@@H]53. The minimum absolute atomic E-state index is 0.438. The molecule has 0 unspecified atom stereocenters. The predicted octanol–water partition coefficient (Wildman–Crippen LogP) is 2.23. The maximum Gasteiger partial charge on any atom is 0.109 e. The third kappa shape index (κ3) is 0.308. The molecule has 8 rings (SSSR count). The molecule has 1 heteroatoms. The quantitative estimate of drug-likeness (QED) is 0.443. The van der Waals surface area contributed by atoms with E-state index in [1.54, 1.807) is 12.0 Å². The molecule has 1 saturated heterocycles. The summed E-state index contributed by atoms with van der Waals surface area (Å²) in [6.45, 7) is 4.72. The van der Waals surface area contributed by atoms with E-state index in [-0.39, 0.29) is 0 Å². The zero-order valence-corrected chi connectivity index (χ0v) is 9.73. The van der Waals surface area contributed by atoms with Crippen LogP contribution in [0.15, 0.2) is 11.1 Å². The van der Waals surface area contributed by atoms with Crippen LogP contribution in [0.25, 0.3) is 0 Å². The second-order valence-electron chi connectivity index (χ2n) is 7.86. The Morgan fingerprint density at radius 3 is 2.06 bits per heavy atom. The summed E-state index contributed by atoms with van der Waals surface area (Å²) < 4.78 is 6.53. The van der Waals surface area contributed by atoms with Crippen molar-refractivity contribution in [3.63, 3.8) is 0 Å². The molecule has 0 aromatic heterocycles. The molecule has 8 aliphatic rings. The van der Waals surface area contributed by atoms with Gasteiger partial charge in [0.1, 0.15) is 11.2 Å². The van der Waals surface area contributed by atoms with Crippen LogP contribution < -0.4 is 0 Å². The molecule has 0 N–H and O–H groups in total. The van der Waals surface area contributed by atoms with E-state index < -0.39 is 0 Å². The summed E-state index contributed by atoms with van der Waals surface area (Å²) in [7, 11) is 0. The Morgan fingerprint density at radius 1 is 1.00 bits per heavy atom. The number of hydrogen-bond acceptors (Lipinski definition) is 1. The number of ether oxygens (including phenoxy) is 1. The maximum atomic E-state index is 6.53. The van der Waals surface area contributed by atoms with Crippen LogP contribution in [0.1, 0.15) is 20.3 Å². The van der Waals surface area contributed by atoms with E-state index >= 15 is 0 Å². The van der Waals surface area contributed by atoms with Gasteiger partial charge in [0.2, 0.25) is 0 Å². The van der Waals surface area contributed by atoms with E-state index in [0.717, 1.165) is 47.3 Å². The third-order valence-electron chi connectivity index (χ3n) is 8.16. The average molecular weight is 212 g/mol. The van der Waals surface area contributed by atoms with Gasteiger partial charge in [-0.1, -0.05) is 11.1 Å². The maximum absolute atomic E-state index is 6.53. The van der Waals surface area contributed by atoms with E-state index in [1.165, 1.54) is 0 Å². The molecule has 0 radical (unpaired) electrons. The second kappa shape index (κ2) is 1.44. The first-order chi connectivity index (χ1) is 7.75. The normalized spacial score (nSPS) is 84.8. The van der Waals surface area contributed by atoms with Crippen LogP contribution in [-0.2, 0) is 4.74 Å². The molecule has 7 aliphatic carbocycles. The van der Waals surface area contributed by atoms with Gasteiger partial charge in [-0.15, -0.1) is 0 Å². The van der Waals surface area contributed by atoms with Gasteiger partial charge >= 0.3 is 0 Å². The Balaban J connectivity index is 1.72. The van der Waals surface area contributed by atoms with Gasteiger partial charge in [0, 0.05) is 11.8 Å². The van der Waals surface area contributed by atoms with Crippen molar-refractivity contribution < 1.29 is 4.74 Å². The van der Waals surface area contributed by atoms with Crippen molar-refractivity contribution in [2.75, 3.05) is 0 Å². The Bertz CT molecular complexity index is 504. The lowest BCUT2D eigenvalue weighted by atomic mass is 9.60. The van der Waals surface area contributed by atoms with Crippen molar-refractivity contribution in [3.8, 4) is 0 Å². The van der Waals surface area contributed by atoms with Crippen LogP contribution in [0, 0.1) is 47.3 Å². The summed E-state index contributed by atoms with van der Waals surface area (Å²) in [6, 6.07) is 0. The molecule has 1 nitrogen and oxygen atoms in total. The number of epoxide rings is 1. The first-order valence-corrected chi connectivity index (χ1v) is 7.12. The van der Waals surface area contributed by atoms with Gasteiger partial charge in [-0.3, -0.25) is 0 Å². The Labute approximate surface area is 95.2 Å². The highest BCUT2D eigenvalue weighted by Gasteiger charge is 3.07. The minimum Gasteiger partial charge on any atom is -0.361 e. The number of rotatable bonds is 0. The first kappa shape index (κ1) is 7.20. The van der Waals surface area contributed by atoms with Gasteiger partial charge in [0.25, 0.3) is 0 Å². The fourth-order valence-electron chi connectivity index (χ4n) is 8.68. The van der Waals surface area contributed by atoms with E-state index in [2.05, 4.69) is 13.8 Å². The van der Waals surface area contributed by atoms with Crippen LogP contribution >= 0.6 is 0 Å². The molecule has 1 heterocycles. The van der Waals surface area contributed by atoms with Crippen LogP contribution in [0.4, 0.5) is 0 Å². The molecule has 4 bridgehead atoms. The lowest BCUT2D eigenvalue weighted by Crippen LogP contribution is -2.41. The lowest BCUT2D eigenvalue weighted by molar-refractivity contribution is 0.0202. The van der Waals surface area contributed by atoms with Crippen LogP contribution in [0.3, 0.4) is 0 Å². The molecule has 0 aromatic carbocycles. The third-order valence-corrected chi connectivity index (χ3v) is 8.16. The first-order valence-electron chi connectivity index (χ1n) is 7.12. The Hall–Kier alpha value is -0.300. The van der Waals surface area contributed by atoms with E-state index in [9.17, 15) is 0 Å². The van der Waals surface area contributed by atoms with E-state index in [0.29, 0.717) is 11.2 Å². The van der Waals surface area contributed by atoms with E-state index in [1.807, 2.05) is 5.57 Å². The molecule has 0 aromatic rings. The number of allylic oxidation sites excluding steroid dienone is 1. The summed E-state index contributed by atoms with van der Waals surface area (Å²) in [6.07, 6.45) is 1.56. The average Bonchev–Trinajstić information content (AvgIpc) is 2.36. The molecule has 0 amide bonds. The fraction of sp³-hybridized carbons (Fsp3) is 0.867. The molecule has 1 aliphatic heterocycles. The van der Waals surface area contributed by atoms with Crippen molar-refractivity contribution in [1.29, 1.82) is 0 Å². The summed E-state index contributed by atoms with van der Waals surface area (Å²) in [5, 5.41) is 0. The Morgan fingerprint density at radius 2 is 1.56 bits per heavy atom. The predicted molar refractivity (Wildman–Crippen MR) is 57.5 cm³/mol. The molecule has 7 saturated carbocycles. The van der Waals surface area contributed by atoms with Gasteiger partial charge in [-0.2, -0.15) is 0 Å². The molecular formula is C15H16O. The Kier molecular flexibility index (Phi) is 0.651. The molecule has 2 spiro atoms. The van der Waals surface area contributed by atoms with Gasteiger partial charge in [-0.25, -0.2) is 0 Å². The van der Waals surface area contributed by atoms with Gasteiger partial charge in [-0.05, 0) is 55.8 Å². The monoisotopic (exact) mass is 212 g/mol. The minimum atomic E-state index is 0.438. The van der Waals surface area contributed by atoms with Crippen molar-refractivity contribution in [3.05, 3.63) is 11.1 Å². The molecule has 10 atom stereocenters. The smallest absolute Gasteiger partial charge is 0.109 e. The standard InChI is InChI=1S/C15H16O/c1-4(2)7-12-10-8-5-3-6-9(8)11(10)13(7)15(6)14(5,12)16-15/h5-6,8-13H,3H2,1-2H3/t5-,6+,8-,9+,10+,11-,12-,13-,14-,15-/m0/s1. The fourth-order valence-corrected chi connectivity index (χ4v) is 8.68. The van der Waals surface area contributed by atoms with Crippen molar-refractivity contribution >= 4 is 0 Å². The highest BCUT2D eigenvalue weighted by atomic mass is 16.6. The molecular weight excluding hydrogens is 196 g/mol. The zero-order valence-electron chi connectivity index (χ0n) is 9.73. The second-order valence-corrected chi connectivity index (χ2v) is 7.86.